The molecule has 4 heteroatoms. The second-order valence-corrected chi connectivity index (χ2v) is 5.74. The fourth-order valence-corrected chi connectivity index (χ4v) is 2.99. The summed E-state index contributed by atoms with van der Waals surface area (Å²) < 4.78 is 2.29. The van der Waals surface area contributed by atoms with Gasteiger partial charge in [-0.05, 0) is 57.8 Å². The van der Waals surface area contributed by atoms with Gasteiger partial charge in [0.2, 0.25) is 0 Å². The number of nitrogens with zero attached hydrogens (tertiary/aromatic N) is 3. The molecule has 0 saturated carbocycles. The topological polar surface area (TPSA) is 42.7 Å². The standard InChI is InChI=1S/C15H22N4/c1-11(2)19-14(6-5-12-7-9-16-10-12)18-13-4-3-8-17-15(13)19/h3-4,8,11-12,16H,5-7,9-10H2,1-2H3. The summed E-state index contributed by atoms with van der Waals surface area (Å²) in [7, 11) is 0. The molecule has 2 aromatic rings. The zero-order valence-electron chi connectivity index (χ0n) is 11.8. The first-order chi connectivity index (χ1) is 9.25. The van der Waals surface area contributed by atoms with E-state index in [0.717, 1.165) is 23.5 Å². The lowest BCUT2D eigenvalue weighted by Gasteiger charge is -2.13. The number of aromatic nitrogens is 3. The Balaban J connectivity index is 1.86. The van der Waals surface area contributed by atoms with E-state index in [1.807, 2.05) is 12.3 Å². The molecule has 0 aromatic carbocycles. The molecule has 102 valence electrons. The Bertz CT molecular complexity index is 552. The van der Waals surface area contributed by atoms with E-state index in [4.69, 9.17) is 4.98 Å². The first kappa shape index (κ1) is 12.6. The Hall–Kier alpha value is -1.42. The summed E-state index contributed by atoms with van der Waals surface area (Å²) in [5.41, 5.74) is 2.05. The Kier molecular flexibility index (Phi) is 3.51. The second-order valence-electron chi connectivity index (χ2n) is 5.74. The Morgan fingerprint density at radius 3 is 3.11 bits per heavy atom. The highest BCUT2D eigenvalue weighted by molar-refractivity contribution is 5.71. The molecule has 0 bridgehead atoms. The van der Waals surface area contributed by atoms with Crippen LogP contribution in [0, 0.1) is 5.92 Å². The van der Waals surface area contributed by atoms with Crippen molar-refractivity contribution in [2.24, 2.45) is 5.92 Å². The van der Waals surface area contributed by atoms with E-state index in [2.05, 4.69) is 34.8 Å². The Labute approximate surface area is 114 Å². The second kappa shape index (κ2) is 5.29. The van der Waals surface area contributed by atoms with Gasteiger partial charge in [-0.15, -0.1) is 0 Å². The predicted octanol–water partition coefficient (Wildman–Crippen LogP) is 2.55. The molecule has 1 atom stereocenters. The molecule has 0 spiro atoms. The van der Waals surface area contributed by atoms with Gasteiger partial charge in [0.25, 0.3) is 0 Å². The minimum absolute atomic E-state index is 0.414. The molecule has 0 aliphatic carbocycles. The van der Waals surface area contributed by atoms with Crippen LogP contribution in [0.1, 0.15) is 38.6 Å². The van der Waals surface area contributed by atoms with E-state index in [9.17, 15) is 0 Å². The van der Waals surface area contributed by atoms with Gasteiger partial charge in [-0.1, -0.05) is 0 Å². The summed E-state index contributed by atoms with van der Waals surface area (Å²) in [6.07, 6.45) is 5.44. The first-order valence-electron chi connectivity index (χ1n) is 7.28. The zero-order chi connectivity index (χ0) is 13.2. The Morgan fingerprint density at radius 1 is 1.47 bits per heavy atom. The van der Waals surface area contributed by atoms with Crippen LogP contribution < -0.4 is 5.32 Å². The third-order valence-corrected chi connectivity index (χ3v) is 3.98. The van der Waals surface area contributed by atoms with Crippen molar-refractivity contribution in [3.8, 4) is 0 Å². The van der Waals surface area contributed by atoms with Crippen LogP contribution in [0.25, 0.3) is 11.2 Å². The molecule has 1 unspecified atom stereocenters. The minimum Gasteiger partial charge on any atom is -0.316 e. The molecule has 0 radical (unpaired) electrons. The third kappa shape index (κ3) is 2.50. The van der Waals surface area contributed by atoms with E-state index < -0.39 is 0 Å². The van der Waals surface area contributed by atoms with Gasteiger partial charge in [0.15, 0.2) is 5.65 Å². The van der Waals surface area contributed by atoms with Crippen molar-refractivity contribution in [1.29, 1.82) is 0 Å². The van der Waals surface area contributed by atoms with Gasteiger partial charge in [0, 0.05) is 18.7 Å². The number of imidazole rings is 1. The molecule has 2 aromatic heterocycles. The fraction of sp³-hybridized carbons (Fsp3) is 0.600. The molecule has 0 amide bonds. The van der Waals surface area contributed by atoms with Crippen molar-refractivity contribution in [3.05, 3.63) is 24.2 Å². The maximum absolute atomic E-state index is 4.77. The number of rotatable bonds is 4. The maximum atomic E-state index is 4.77. The molecule has 3 heterocycles. The highest BCUT2D eigenvalue weighted by Crippen LogP contribution is 2.22. The van der Waals surface area contributed by atoms with E-state index in [1.54, 1.807) is 0 Å². The molecular formula is C15H22N4. The third-order valence-electron chi connectivity index (χ3n) is 3.98. The van der Waals surface area contributed by atoms with E-state index in [-0.39, 0.29) is 0 Å². The lowest BCUT2D eigenvalue weighted by atomic mass is 10.0. The van der Waals surface area contributed by atoms with Crippen molar-refractivity contribution in [2.45, 2.75) is 39.2 Å². The van der Waals surface area contributed by atoms with Gasteiger partial charge >= 0.3 is 0 Å². The molecular weight excluding hydrogens is 236 g/mol. The summed E-state index contributed by atoms with van der Waals surface area (Å²) in [4.78, 5) is 9.27. The van der Waals surface area contributed by atoms with Gasteiger partial charge in [0.05, 0.1) is 0 Å². The van der Waals surface area contributed by atoms with E-state index >= 15 is 0 Å². The molecule has 19 heavy (non-hydrogen) atoms. The normalized spacial score (nSPS) is 19.6. The van der Waals surface area contributed by atoms with Crippen LogP contribution in [0.2, 0.25) is 0 Å². The number of aryl methyl sites for hydroxylation is 1. The highest BCUT2D eigenvalue weighted by Gasteiger charge is 2.18. The number of fused-ring (bicyclic) bond motifs is 1. The zero-order valence-corrected chi connectivity index (χ0v) is 11.8. The summed E-state index contributed by atoms with van der Waals surface area (Å²) in [5.74, 6) is 2.00. The van der Waals surface area contributed by atoms with Crippen molar-refractivity contribution < 1.29 is 0 Å². The molecule has 1 saturated heterocycles. The first-order valence-corrected chi connectivity index (χ1v) is 7.28. The molecule has 4 nitrogen and oxygen atoms in total. The average molecular weight is 258 g/mol. The monoisotopic (exact) mass is 258 g/mol. The van der Waals surface area contributed by atoms with E-state index in [1.165, 1.54) is 31.8 Å². The summed E-state index contributed by atoms with van der Waals surface area (Å²) in [6.45, 7) is 6.75. The minimum atomic E-state index is 0.414. The van der Waals surface area contributed by atoms with Crippen LogP contribution in [0.15, 0.2) is 18.3 Å². The van der Waals surface area contributed by atoms with Gasteiger partial charge in [-0.2, -0.15) is 0 Å². The predicted molar refractivity (Wildman–Crippen MR) is 77.2 cm³/mol. The highest BCUT2D eigenvalue weighted by atomic mass is 15.1. The van der Waals surface area contributed by atoms with Gasteiger partial charge in [-0.3, -0.25) is 0 Å². The van der Waals surface area contributed by atoms with Gasteiger partial charge in [0.1, 0.15) is 11.3 Å². The van der Waals surface area contributed by atoms with Crippen molar-refractivity contribution in [2.75, 3.05) is 13.1 Å². The summed E-state index contributed by atoms with van der Waals surface area (Å²) in [6, 6.07) is 4.43. The van der Waals surface area contributed by atoms with Crippen molar-refractivity contribution >= 4 is 11.2 Å². The van der Waals surface area contributed by atoms with Gasteiger partial charge in [-0.25, -0.2) is 9.97 Å². The lowest BCUT2D eigenvalue weighted by molar-refractivity contribution is 0.501. The number of nitrogens with one attached hydrogen (secondary N) is 1. The number of pyridine rings is 1. The maximum Gasteiger partial charge on any atom is 0.160 e. The van der Waals surface area contributed by atoms with Crippen LogP contribution in [0.4, 0.5) is 0 Å². The van der Waals surface area contributed by atoms with Crippen molar-refractivity contribution in [1.82, 2.24) is 19.9 Å². The van der Waals surface area contributed by atoms with Crippen LogP contribution >= 0.6 is 0 Å². The quantitative estimate of drug-likeness (QED) is 0.916. The van der Waals surface area contributed by atoms with Crippen LogP contribution in [0.5, 0.6) is 0 Å². The molecule has 1 aliphatic rings. The molecule has 1 N–H and O–H groups in total. The molecule has 3 rings (SSSR count). The van der Waals surface area contributed by atoms with Gasteiger partial charge < -0.3 is 9.88 Å². The SMILES string of the molecule is CC(C)n1c(CCC2CCNC2)nc2cccnc21. The molecule has 1 aliphatic heterocycles. The van der Waals surface area contributed by atoms with Crippen LogP contribution in [-0.4, -0.2) is 27.6 Å². The lowest BCUT2D eigenvalue weighted by Crippen LogP contribution is -2.12. The largest absolute Gasteiger partial charge is 0.316 e. The smallest absolute Gasteiger partial charge is 0.160 e. The number of hydrogen-bond donors (Lipinski definition) is 1. The van der Waals surface area contributed by atoms with Crippen LogP contribution in [0.3, 0.4) is 0 Å². The van der Waals surface area contributed by atoms with Crippen molar-refractivity contribution in [3.63, 3.8) is 0 Å². The molecule has 1 fully saturated rings. The van der Waals surface area contributed by atoms with E-state index in [0.29, 0.717) is 6.04 Å². The average Bonchev–Trinajstić information content (AvgIpc) is 3.03. The summed E-state index contributed by atoms with van der Waals surface area (Å²) >= 11 is 0. The fourth-order valence-electron chi connectivity index (χ4n) is 2.99. The summed E-state index contributed by atoms with van der Waals surface area (Å²) in [5, 5.41) is 3.43. The Morgan fingerprint density at radius 2 is 2.37 bits per heavy atom. The van der Waals surface area contributed by atoms with Crippen LogP contribution in [-0.2, 0) is 6.42 Å². The number of hydrogen-bond acceptors (Lipinski definition) is 3.